The second kappa shape index (κ2) is 7.67. The van der Waals surface area contributed by atoms with Gasteiger partial charge in [-0.3, -0.25) is 4.79 Å². The van der Waals surface area contributed by atoms with E-state index in [1.807, 2.05) is 24.4 Å². The van der Waals surface area contributed by atoms with Crippen molar-refractivity contribution in [1.82, 2.24) is 29.3 Å². The van der Waals surface area contributed by atoms with Crippen LogP contribution in [0, 0.1) is 5.92 Å². The minimum absolute atomic E-state index is 0.138. The molecule has 1 aromatic carbocycles. The molecular formula is C27H30N6O. The highest BCUT2D eigenvalue weighted by atomic mass is 16.2. The monoisotopic (exact) mass is 454 g/mol. The van der Waals surface area contributed by atoms with Crippen LogP contribution in [0.3, 0.4) is 0 Å². The van der Waals surface area contributed by atoms with Crippen LogP contribution < -0.4 is 5.32 Å². The van der Waals surface area contributed by atoms with Gasteiger partial charge in [0.25, 0.3) is 5.91 Å². The average Bonchev–Trinajstić information content (AvgIpc) is 3.28. The number of fused-ring (bicyclic) bond motifs is 3. The molecule has 4 aromatic rings. The number of aryl methyl sites for hydroxylation is 1. The van der Waals surface area contributed by atoms with Crippen LogP contribution in [-0.4, -0.2) is 55.1 Å². The van der Waals surface area contributed by atoms with Gasteiger partial charge >= 0.3 is 0 Å². The van der Waals surface area contributed by atoms with Crippen molar-refractivity contribution in [3.8, 4) is 11.5 Å². The first kappa shape index (κ1) is 20.2. The fraction of sp³-hybridized carbons (Fsp3) is 0.444. The van der Waals surface area contributed by atoms with Crippen molar-refractivity contribution in [3.63, 3.8) is 0 Å². The number of hydrogen-bond acceptors (Lipinski definition) is 4. The molecule has 2 atom stereocenters. The van der Waals surface area contributed by atoms with Crippen LogP contribution in [0.25, 0.3) is 33.6 Å². The molecule has 34 heavy (non-hydrogen) atoms. The zero-order chi connectivity index (χ0) is 22.8. The molecule has 174 valence electrons. The van der Waals surface area contributed by atoms with Crippen molar-refractivity contribution < 1.29 is 4.79 Å². The number of imidazole rings is 1. The van der Waals surface area contributed by atoms with E-state index >= 15 is 0 Å². The largest absolute Gasteiger partial charge is 0.334 e. The lowest BCUT2D eigenvalue weighted by Gasteiger charge is -2.37. The lowest BCUT2D eigenvalue weighted by atomic mass is 9.96. The predicted octanol–water partition coefficient (Wildman–Crippen LogP) is 3.97. The van der Waals surface area contributed by atoms with E-state index in [0.717, 1.165) is 77.5 Å². The standard InChI is InChI=1S/C27H30N6O/c1-31-22-9-8-19(27(34)32-13-3-5-20-23(32)10-12-28-20)14-21(22)30-26(31)24-15-18-4-2-11-29-25(18)33(24)16-17-6-7-17/h2,4,8-9,11,14-15,17,20,23,28H,3,5-7,10,12-13,16H2,1H3/t20-,23-/m1/s1. The van der Waals surface area contributed by atoms with E-state index in [9.17, 15) is 4.79 Å². The third-order valence-corrected chi connectivity index (χ3v) is 8.04. The van der Waals surface area contributed by atoms with Gasteiger partial charge in [-0.2, -0.15) is 0 Å². The highest BCUT2D eigenvalue weighted by Gasteiger charge is 2.37. The third kappa shape index (κ3) is 3.17. The first-order valence-electron chi connectivity index (χ1n) is 12.6. The number of benzene rings is 1. The molecule has 0 spiro atoms. The Morgan fingerprint density at radius 3 is 2.94 bits per heavy atom. The van der Waals surface area contributed by atoms with Gasteiger partial charge in [0.1, 0.15) is 5.65 Å². The summed E-state index contributed by atoms with van der Waals surface area (Å²) in [7, 11) is 2.07. The maximum Gasteiger partial charge on any atom is 0.254 e. The molecule has 0 bridgehead atoms. The van der Waals surface area contributed by atoms with Crippen LogP contribution in [0.5, 0.6) is 0 Å². The number of nitrogens with one attached hydrogen (secondary N) is 1. The number of aromatic nitrogens is 4. The van der Waals surface area contributed by atoms with Gasteiger partial charge in [0.05, 0.1) is 16.7 Å². The second-order valence-electron chi connectivity index (χ2n) is 10.3. The Labute approximate surface area is 198 Å². The number of nitrogens with zero attached hydrogens (tertiary/aromatic N) is 5. The molecule has 2 saturated heterocycles. The highest BCUT2D eigenvalue weighted by molar-refractivity contribution is 5.98. The lowest BCUT2D eigenvalue weighted by Crippen LogP contribution is -2.51. The minimum Gasteiger partial charge on any atom is -0.334 e. The summed E-state index contributed by atoms with van der Waals surface area (Å²) in [5.74, 6) is 1.80. The molecule has 3 fully saturated rings. The van der Waals surface area contributed by atoms with Gasteiger partial charge in [0, 0.05) is 49.4 Å². The molecule has 7 rings (SSSR count). The van der Waals surface area contributed by atoms with Gasteiger partial charge in [0.2, 0.25) is 0 Å². The molecule has 1 saturated carbocycles. The zero-order valence-corrected chi connectivity index (χ0v) is 19.6. The SMILES string of the molecule is Cn1c(-c2cc3cccnc3n2CC2CC2)nc2cc(C(=O)N3CCC[C@H]4NCC[C@H]43)ccc21. The normalized spacial score (nSPS) is 22.6. The third-order valence-electron chi connectivity index (χ3n) is 8.04. The average molecular weight is 455 g/mol. The number of rotatable bonds is 4. The summed E-state index contributed by atoms with van der Waals surface area (Å²) in [5, 5.41) is 4.71. The van der Waals surface area contributed by atoms with Crippen molar-refractivity contribution >= 4 is 28.0 Å². The quantitative estimate of drug-likeness (QED) is 0.507. The first-order valence-corrected chi connectivity index (χ1v) is 12.6. The van der Waals surface area contributed by atoms with Crippen molar-refractivity contribution in [1.29, 1.82) is 0 Å². The Kier molecular flexibility index (Phi) is 4.56. The zero-order valence-electron chi connectivity index (χ0n) is 19.6. The second-order valence-corrected chi connectivity index (χ2v) is 10.3. The first-order chi connectivity index (χ1) is 16.7. The summed E-state index contributed by atoms with van der Waals surface area (Å²) >= 11 is 0. The van der Waals surface area contributed by atoms with E-state index < -0.39 is 0 Å². The summed E-state index contributed by atoms with van der Waals surface area (Å²) in [4.78, 5) is 25.3. The van der Waals surface area contributed by atoms with E-state index in [1.54, 1.807) is 0 Å². The number of amides is 1. The summed E-state index contributed by atoms with van der Waals surface area (Å²) in [5.41, 5.74) is 4.78. The molecule has 0 radical (unpaired) electrons. The molecule has 2 aliphatic heterocycles. The van der Waals surface area contributed by atoms with E-state index in [-0.39, 0.29) is 5.91 Å². The molecule has 1 amide bonds. The fourth-order valence-electron chi connectivity index (χ4n) is 6.06. The number of likely N-dealkylation sites (tertiary alicyclic amines) is 1. The Morgan fingerprint density at radius 1 is 1.15 bits per heavy atom. The Morgan fingerprint density at radius 2 is 2.06 bits per heavy atom. The molecule has 7 nitrogen and oxygen atoms in total. The van der Waals surface area contributed by atoms with Gasteiger partial charge in [-0.15, -0.1) is 0 Å². The maximum absolute atomic E-state index is 13.5. The number of piperidine rings is 1. The summed E-state index contributed by atoms with van der Waals surface area (Å²) < 4.78 is 4.49. The number of pyridine rings is 1. The van der Waals surface area contributed by atoms with Gasteiger partial charge in [-0.05, 0) is 81.0 Å². The van der Waals surface area contributed by atoms with E-state index in [2.05, 4.69) is 49.6 Å². The van der Waals surface area contributed by atoms with Crippen molar-refractivity contribution in [2.75, 3.05) is 13.1 Å². The van der Waals surface area contributed by atoms with E-state index in [0.29, 0.717) is 12.1 Å². The Bertz CT molecular complexity index is 1410. The maximum atomic E-state index is 13.5. The van der Waals surface area contributed by atoms with Crippen LogP contribution >= 0.6 is 0 Å². The molecule has 1 aliphatic carbocycles. The molecule has 5 heterocycles. The summed E-state index contributed by atoms with van der Waals surface area (Å²) in [6.45, 7) is 2.83. The van der Waals surface area contributed by atoms with E-state index in [1.165, 1.54) is 19.3 Å². The highest BCUT2D eigenvalue weighted by Crippen LogP contribution is 2.36. The topological polar surface area (TPSA) is 68.0 Å². The van der Waals surface area contributed by atoms with Gasteiger partial charge in [-0.1, -0.05) is 0 Å². The van der Waals surface area contributed by atoms with Crippen LogP contribution in [0.1, 0.15) is 42.5 Å². The van der Waals surface area contributed by atoms with Gasteiger partial charge < -0.3 is 19.4 Å². The molecule has 7 heteroatoms. The van der Waals surface area contributed by atoms with Gasteiger partial charge in [-0.25, -0.2) is 9.97 Å². The van der Waals surface area contributed by atoms with Crippen LogP contribution in [0.2, 0.25) is 0 Å². The van der Waals surface area contributed by atoms with Gasteiger partial charge in [0.15, 0.2) is 5.82 Å². The molecule has 3 aromatic heterocycles. The number of hydrogen-bond donors (Lipinski definition) is 1. The lowest BCUT2D eigenvalue weighted by molar-refractivity contribution is 0.0600. The van der Waals surface area contributed by atoms with Crippen molar-refractivity contribution in [2.45, 2.75) is 50.7 Å². The molecular weight excluding hydrogens is 424 g/mol. The van der Waals surface area contributed by atoms with E-state index in [4.69, 9.17) is 4.98 Å². The Hall–Kier alpha value is -3.19. The molecule has 1 N–H and O–H groups in total. The molecule has 3 aliphatic rings. The smallest absolute Gasteiger partial charge is 0.254 e. The van der Waals surface area contributed by atoms with Crippen LogP contribution in [-0.2, 0) is 13.6 Å². The Balaban J connectivity index is 1.28. The predicted molar refractivity (Wildman–Crippen MR) is 133 cm³/mol. The number of carbonyl (C=O) groups excluding carboxylic acids is 1. The van der Waals surface area contributed by atoms with Crippen molar-refractivity contribution in [2.24, 2.45) is 13.0 Å². The van der Waals surface area contributed by atoms with Crippen LogP contribution in [0.4, 0.5) is 0 Å². The van der Waals surface area contributed by atoms with Crippen molar-refractivity contribution in [3.05, 3.63) is 48.2 Å². The summed E-state index contributed by atoms with van der Waals surface area (Å²) in [6.07, 6.45) is 7.72. The summed E-state index contributed by atoms with van der Waals surface area (Å²) in [6, 6.07) is 13.1. The minimum atomic E-state index is 0.138. The van der Waals surface area contributed by atoms with Crippen LogP contribution in [0.15, 0.2) is 42.6 Å². The fourth-order valence-corrected chi connectivity index (χ4v) is 6.06. The number of carbonyl (C=O) groups is 1. The molecule has 0 unspecified atom stereocenters.